The molecule has 0 aliphatic heterocycles. The van der Waals surface area contributed by atoms with E-state index in [2.05, 4.69) is 9.97 Å². The highest BCUT2D eigenvalue weighted by Gasteiger charge is 2.13. The van der Waals surface area contributed by atoms with E-state index in [9.17, 15) is 4.79 Å². The molecule has 2 N–H and O–H groups in total. The summed E-state index contributed by atoms with van der Waals surface area (Å²) in [6.07, 6.45) is 0.817. The third-order valence-electron chi connectivity index (χ3n) is 2.91. The first kappa shape index (κ1) is 15.8. The van der Waals surface area contributed by atoms with Crippen molar-refractivity contribution in [2.45, 2.75) is 13.3 Å². The molecule has 0 saturated carbocycles. The van der Waals surface area contributed by atoms with Crippen molar-refractivity contribution in [1.29, 1.82) is 0 Å². The number of anilines is 1. The zero-order chi connectivity index (χ0) is 15.6. The number of hydrogen-bond acceptors (Lipinski definition) is 5. The Kier molecular flexibility index (Phi) is 4.82. The Balaban J connectivity index is 2.56. The minimum absolute atomic E-state index is 0.182. The number of halogens is 2. The van der Waals surface area contributed by atoms with E-state index in [0.29, 0.717) is 28.0 Å². The molecule has 0 atom stereocenters. The minimum atomic E-state index is -0.437. The standard InChI is InChI=1S/C13H15Cl2N5O/c1-3-6-20(16)12-17-11(19(2)13(21)18-12)8-4-5-9(14)10(15)7-8/h4-5,7H,3,6,16H2,1-2H3. The summed E-state index contributed by atoms with van der Waals surface area (Å²) in [6, 6.07) is 5.04. The molecule has 0 spiro atoms. The molecule has 0 saturated heterocycles. The molecule has 2 rings (SSSR count). The maximum absolute atomic E-state index is 12.0. The van der Waals surface area contributed by atoms with Gasteiger partial charge in [-0.05, 0) is 24.6 Å². The number of hydrazine groups is 1. The van der Waals surface area contributed by atoms with Crippen LogP contribution < -0.4 is 16.5 Å². The topological polar surface area (TPSA) is 77.0 Å². The number of nitrogens with two attached hydrogens (primary N) is 1. The first-order valence-electron chi connectivity index (χ1n) is 6.36. The van der Waals surface area contributed by atoms with E-state index in [4.69, 9.17) is 29.0 Å². The largest absolute Gasteiger partial charge is 0.352 e. The highest BCUT2D eigenvalue weighted by atomic mass is 35.5. The van der Waals surface area contributed by atoms with Crippen LogP contribution in [0, 0.1) is 0 Å². The Labute approximate surface area is 132 Å². The summed E-state index contributed by atoms with van der Waals surface area (Å²) in [5, 5.41) is 2.17. The van der Waals surface area contributed by atoms with Crippen molar-refractivity contribution in [3.05, 3.63) is 38.7 Å². The molecular weight excluding hydrogens is 313 g/mol. The molecule has 0 fully saturated rings. The van der Waals surface area contributed by atoms with E-state index >= 15 is 0 Å². The summed E-state index contributed by atoms with van der Waals surface area (Å²) in [7, 11) is 1.59. The van der Waals surface area contributed by atoms with Gasteiger partial charge in [-0.15, -0.1) is 0 Å². The van der Waals surface area contributed by atoms with E-state index in [1.165, 1.54) is 9.58 Å². The van der Waals surface area contributed by atoms with Crippen molar-refractivity contribution in [2.75, 3.05) is 11.6 Å². The number of hydrogen-bond donors (Lipinski definition) is 1. The number of aromatic nitrogens is 3. The van der Waals surface area contributed by atoms with Crippen LogP contribution in [0.3, 0.4) is 0 Å². The Bertz CT molecular complexity index is 716. The fraction of sp³-hybridized carbons (Fsp3) is 0.308. The molecule has 0 amide bonds. The van der Waals surface area contributed by atoms with Gasteiger partial charge in [-0.25, -0.2) is 10.6 Å². The SMILES string of the molecule is CCCN(N)c1nc(-c2ccc(Cl)c(Cl)c2)n(C)c(=O)n1. The molecule has 6 nitrogen and oxygen atoms in total. The van der Waals surface area contributed by atoms with Crippen LogP contribution in [0.25, 0.3) is 11.4 Å². The van der Waals surface area contributed by atoms with Gasteiger partial charge in [0.15, 0.2) is 0 Å². The molecule has 0 radical (unpaired) electrons. The van der Waals surface area contributed by atoms with Crippen LogP contribution in [0.4, 0.5) is 5.95 Å². The van der Waals surface area contributed by atoms with Gasteiger partial charge in [0.2, 0.25) is 5.95 Å². The van der Waals surface area contributed by atoms with E-state index in [1.807, 2.05) is 6.92 Å². The van der Waals surface area contributed by atoms with Crippen molar-refractivity contribution < 1.29 is 0 Å². The number of rotatable bonds is 4. The molecule has 1 aromatic heterocycles. The average molecular weight is 328 g/mol. The zero-order valence-corrected chi connectivity index (χ0v) is 13.2. The highest BCUT2D eigenvalue weighted by molar-refractivity contribution is 6.42. The summed E-state index contributed by atoms with van der Waals surface area (Å²) in [6.45, 7) is 2.52. The van der Waals surface area contributed by atoms with Crippen LogP contribution in [0.2, 0.25) is 10.0 Å². The lowest BCUT2D eigenvalue weighted by molar-refractivity contribution is 0.725. The summed E-state index contributed by atoms with van der Waals surface area (Å²) in [4.78, 5) is 20.2. The molecular formula is C13H15Cl2N5O. The normalized spacial score (nSPS) is 10.7. The monoisotopic (exact) mass is 327 g/mol. The third-order valence-corrected chi connectivity index (χ3v) is 3.64. The number of benzene rings is 1. The van der Waals surface area contributed by atoms with E-state index in [-0.39, 0.29) is 5.95 Å². The fourth-order valence-corrected chi connectivity index (χ4v) is 2.11. The second-order valence-electron chi connectivity index (χ2n) is 4.51. The summed E-state index contributed by atoms with van der Waals surface area (Å²) in [5.41, 5.74) is 0.227. The molecule has 2 aromatic rings. The lowest BCUT2D eigenvalue weighted by Gasteiger charge is -2.17. The molecule has 21 heavy (non-hydrogen) atoms. The quantitative estimate of drug-likeness (QED) is 0.688. The van der Waals surface area contributed by atoms with Crippen LogP contribution in [0.5, 0.6) is 0 Å². The molecule has 0 unspecified atom stereocenters. The summed E-state index contributed by atoms with van der Waals surface area (Å²) >= 11 is 11.9. The third kappa shape index (κ3) is 3.34. The van der Waals surface area contributed by atoms with Gasteiger partial charge in [0.05, 0.1) is 10.0 Å². The molecule has 112 valence electrons. The van der Waals surface area contributed by atoms with Crippen LogP contribution >= 0.6 is 23.2 Å². The Morgan fingerprint density at radius 3 is 2.62 bits per heavy atom. The van der Waals surface area contributed by atoms with Gasteiger partial charge in [0.1, 0.15) is 5.82 Å². The molecule has 0 bridgehead atoms. The second-order valence-corrected chi connectivity index (χ2v) is 5.33. The first-order chi connectivity index (χ1) is 9.93. The lowest BCUT2D eigenvalue weighted by atomic mass is 10.2. The van der Waals surface area contributed by atoms with Crippen molar-refractivity contribution >= 4 is 29.2 Å². The van der Waals surface area contributed by atoms with Gasteiger partial charge in [0.25, 0.3) is 0 Å². The van der Waals surface area contributed by atoms with Gasteiger partial charge >= 0.3 is 5.69 Å². The Morgan fingerprint density at radius 2 is 2.00 bits per heavy atom. The second kappa shape index (κ2) is 6.43. The predicted octanol–water partition coefficient (Wildman–Crippen LogP) is 2.24. The van der Waals surface area contributed by atoms with E-state index < -0.39 is 5.69 Å². The summed E-state index contributed by atoms with van der Waals surface area (Å²) < 4.78 is 1.34. The van der Waals surface area contributed by atoms with Crippen LogP contribution in [-0.2, 0) is 7.05 Å². The summed E-state index contributed by atoms with van der Waals surface area (Å²) in [5.74, 6) is 6.45. The minimum Gasteiger partial charge on any atom is -0.279 e. The van der Waals surface area contributed by atoms with Gasteiger partial charge in [-0.2, -0.15) is 9.97 Å². The maximum atomic E-state index is 12.0. The van der Waals surface area contributed by atoms with Crippen molar-refractivity contribution in [3.8, 4) is 11.4 Å². The van der Waals surface area contributed by atoms with Gasteiger partial charge in [-0.3, -0.25) is 9.58 Å². The lowest BCUT2D eigenvalue weighted by Crippen LogP contribution is -2.36. The smallest absolute Gasteiger partial charge is 0.279 e. The molecule has 0 aliphatic carbocycles. The highest BCUT2D eigenvalue weighted by Crippen LogP contribution is 2.27. The first-order valence-corrected chi connectivity index (χ1v) is 7.12. The van der Waals surface area contributed by atoms with Crippen LogP contribution in [0.15, 0.2) is 23.0 Å². The molecule has 1 aromatic carbocycles. The van der Waals surface area contributed by atoms with E-state index in [1.54, 1.807) is 25.2 Å². The van der Waals surface area contributed by atoms with E-state index in [0.717, 1.165) is 6.42 Å². The molecule has 8 heteroatoms. The fourth-order valence-electron chi connectivity index (χ4n) is 1.81. The molecule has 0 aliphatic rings. The van der Waals surface area contributed by atoms with Gasteiger partial charge in [0, 0.05) is 19.2 Å². The average Bonchev–Trinajstić information content (AvgIpc) is 2.45. The van der Waals surface area contributed by atoms with Gasteiger partial charge < -0.3 is 0 Å². The van der Waals surface area contributed by atoms with Gasteiger partial charge in [-0.1, -0.05) is 30.1 Å². The molecule has 1 heterocycles. The number of nitrogens with zero attached hydrogens (tertiary/aromatic N) is 4. The Hall–Kier alpha value is -1.63. The van der Waals surface area contributed by atoms with Crippen LogP contribution in [0.1, 0.15) is 13.3 Å². The van der Waals surface area contributed by atoms with Crippen molar-refractivity contribution in [1.82, 2.24) is 14.5 Å². The van der Waals surface area contributed by atoms with Crippen molar-refractivity contribution in [2.24, 2.45) is 12.9 Å². The van der Waals surface area contributed by atoms with Crippen LogP contribution in [-0.4, -0.2) is 21.1 Å². The predicted molar refractivity (Wildman–Crippen MR) is 84.6 cm³/mol. The maximum Gasteiger partial charge on any atom is 0.352 e. The Morgan fingerprint density at radius 1 is 1.29 bits per heavy atom. The zero-order valence-electron chi connectivity index (χ0n) is 11.7. The van der Waals surface area contributed by atoms with Crippen molar-refractivity contribution in [3.63, 3.8) is 0 Å².